The maximum absolute atomic E-state index is 15.0. The number of carbonyl (C=O) groups excluding carboxylic acids is 4. The van der Waals surface area contributed by atoms with Crippen molar-refractivity contribution in [2.24, 2.45) is 0 Å². The maximum Gasteiger partial charge on any atom is 0.402 e. The average Bonchev–Trinajstić information content (AvgIpc) is 3.43. The highest BCUT2D eigenvalue weighted by molar-refractivity contribution is 6.35. The number of alkyl halides is 6. The van der Waals surface area contributed by atoms with Gasteiger partial charge in [-0.15, -0.1) is 0 Å². The summed E-state index contributed by atoms with van der Waals surface area (Å²) in [7, 11) is 1.19. The fourth-order valence-corrected chi connectivity index (χ4v) is 6.41. The zero-order chi connectivity index (χ0) is 36.9. The number of nitrogens with zero attached hydrogens (tertiary/aromatic N) is 2. The Hall–Kier alpha value is -5.66. The fraction of sp³-hybridized carbons (Fsp3) is 0.222. The number of aromatic hydroxyl groups is 2. The summed E-state index contributed by atoms with van der Waals surface area (Å²) in [6.07, 6.45) is -10.0. The molecule has 2 aliphatic heterocycles. The molecule has 0 bridgehead atoms. The minimum Gasteiger partial charge on any atom is -0.508 e. The van der Waals surface area contributed by atoms with E-state index >= 15 is 0 Å². The fourth-order valence-electron chi connectivity index (χ4n) is 6.41. The number of phenolic OH excluding ortho intramolecular Hbond substituents is 2. The predicted molar refractivity (Wildman–Crippen MR) is 166 cm³/mol. The van der Waals surface area contributed by atoms with Gasteiger partial charge < -0.3 is 10.2 Å². The second-order valence-electron chi connectivity index (χ2n) is 12.6. The zero-order valence-corrected chi connectivity index (χ0v) is 26.6. The summed E-state index contributed by atoms with van der Waals surface area (Å²) in [5.41, 5.74) is -9.06. The molecule has 0 saturated heterocycles. The summed E-state index contributed by atoms with van der Waals surface area (Å²) < 4.78 is 89.4. The van der Waals surface area contributed by atoms with E-state index in [1.165, 1.54) is 14.0 Å². The van der Waals surface area contributed by atoms with Gasteiger partial charge in [0.25, 0.3) is 23.6 Å². The summed E-state index contributed by atoms with van der Waals surface area (Å²) >= 11 is 0. The molecule has 4 amide bonds. The van der Waals surface area contributed by atoms with Crippen LogP contribution in [0.15, 0.2) is 72.8 Å². The molecular formula is C36H26F6N2O6. The van der Waals surface area contributed by atoms with Crippen molar-refractivity contribution in [2.75, 3.05) is 11.9 Å². The zero-order valence-electron chi connectivity index (χ0n) is 26.6. The molecular weight excluding hydrogens is 670 g/mol. The molecule has 4 aromatic carbocycles. The number of halogens is 6. The van der Waals surface area contributed by atoms with Gasteiger partial charge in [0.15, 0.2) is 0 Å². The molecule has 0 radical (unpaired) electrons. The van der Waals surface area contributed by atoms with Crippen LogP contribution in [0.2, 0.25) is 0 Å². The number of carbonyl (C=O) groups is 4. The van der Waals surface area contributed by atoms with Crippen LogP contribution in [0.25, 0.3) is 0 Å². The predicted octanol–water partition coefficient (Wildman–Crippen LogP) is 7.17. The molecule has 0 fully saturated rings. The molecule has 2 aliphatic rings. The number of aryl methyl sites for hydroxylation is 1. The van der Waals surface area contributed by atoms with Crippen LogP contribution in [-0.2, 0) is 10.8 Å². The van der Waals surface area contributed by atoms with Gasteiger partial charge in [-0.3, -0.25) is 24.1 Å². The van der Waals surface area contributed by atoms with E-state index in [1.807, 2.05) is 0 Å². The molecule has 2 heterocycles. The number of amides is 4. The lowest BCUT2D eigenvalue weighted by Crippen LogP contribution is -2.41. The first-order chi connectivity index (χ1) is 23.1. The van der Waals surface area contributed by atoms with Crippen LogP contribution in [0.3, 0.4) is 0 Å². The second kappa shape index (κ2) is 10.9. The van der Waals surface area contributed by atoms with Gasteiger partial charge in [-0.25, -0.2) is 4.90 Å². The van der Waals surface area contributed by atoms with E-state index in [4.69, 9.17) is 0 Å². The Balaban J connectivity index is 1.45. The van der Waals surface area contributed by atoms with Gasteiger partial charge in [0.2, 0.25) is 0 Å². The molecule has 2 unspecified atom stereocenters. The van der Waals surface area contributed by atoms with Gasteiger partial charge in [0, 0.05) is 7.05 Å². The van der Waals surface area contributed by atoms with E-state index in [9.17, 15) is 55.7 Å². The van der Waals surface area contributed by atoms with Gasteiger partial charge in [0.05, 0.1) is 27.9 Å². The topological polar surface area (TPSA) is 115 Å². The molecule has 2 N–H and O–H groups in total. The minimum atomic E-state index is -5.04. The van der Waals surface area contributed by atoms with Crippen molar-refractivity contribution < 1.29 is 55.7 Å². The highest BCUT2D eigenvalue weighted by Gasteiger charge is 2.56. The first kappa shape index (κ1) is 34.2. The van der Waals surface area contributed by atoms with Gasteiger partial charge in [-0.2, -0.15) is 26.3 Å². The minimum absolute atomic E-state index is 0.0830. The van der Waals surface area contributed by atoms with Gasteiger partial charge in [0.1, 0.15) is 22.3 Å². The smallest absolute Gasteiger partial charge is 0.402 e. The lowest BCUT2D eigenvalue weighted by molar-refractivity contribution is -0.173. The largest absolute Gasteiger partial charge is 0.508 e. The Morgan fingerprint density at radius 1 is 0.520 bits per heavy atom. The van der Waals surface area contributed by atoms with E-state index in [0.717, 1.165) is 91.5 Å². The molecule has 50 heavy (non-hydrogen) atoms. The van der Waals surface area contributed by atoms with E-state index in [0.29, 0.717) is 4.90 Å². The molecule has 4 aromatic rings. The summed E-state index contributed by atoms with van der Waals surface area (Å²) in [4.78, 5) is 53.5. The Morgan fingerprint density at radius 2 is 0.900 bits per heavy atom. The molecule has 0 saturated carbocycles. The first-order valence-corrected chi connectivity index (χ1v) is 14.9. The summed E-state index contributed by atoms with van der Waals surface area (Å²) in [6, 6.07) is 11.8. The number of hydrogen-bond donors (Lipinski definition) is 2. The number of phenols is 2. The van der Waals surface area contributed by atoms with Crippen molar-refractivity contribution in [1.29, 1.82) is 0 Å². The lowest BCUT2D eigenvalue weighted by Gasteiger charge is -2.34. The second-order valence-corrected chi connectivity index (χ2v) is 12.6. The van der Waals surface area contributed by atoms with Crippen molar-refractivity contribution in [1.82, 2.24) is 4.90 Å². The van der Waals surface area contributed by atoms with Crippen molar-refractivity contribution in [2.45, 2.75) is 44.0 Å². The van der Waals surface area contributed by atoms with Gasteiger partial charge >= 0.3 is 12.4 Å². The van der Waals surface area contributed by atoms with Gasteiger partial charge in [-0.05, 0) is 91.1 Å². The highest BCUT2D eigenvalue weighted by atomic mass is 19.4. The standard InChI is InChI=1S/C36H26F6N2O6/c1-17-13-18(7-11-27(17)45)33(2,35(37,38)39)21-8-12-28(46)26(16-21)44-31(49)23-10-6-20(15-25(23)32(44)50)34(3,36(40,41)42)19-5-9-22-24(14-19)30(48)43(4)29(22)47/h5-16,45-46H,1-4H3. The van der Waals surface area contributed by atoms with Crippen LogP contribution in [0.4, 0.5) is 32.0 Å². The molecule has 0 spiro atoms. The van der Waals surface area contributed by atoms with E-state index in [-0.39, 0.29) is 33.6 Å². The van der Waals surface area contributed by atoms with E-state index < -0.39 is 80.5 Å². The molecule has 2 atom stereocenters. The van der Waals surface area contributed by atoms with Crippen LogP contribution in [0, 0.1) is 6.92 Å². The van der Waals surface area contributed by atoms with E-state index in [2.05, 4.69) is 0 Å². The third-order valence-corrected chi connectivity index (χ3v) is 9.83. The summed E-state index contributed by atoms with van der Waals surface area (Å²) in [5, 5.41) is 20.7. The van der Waals surface area contributed by atoms with Crippen molar-refractivity contribution in [3.05, 3.63) is 123 Å². The number of fused-ring (bicyclic) bond motifs is 2. The number of hydrogen-bond acceptors (Lipinski definition) is 6. The molecule has 6 rings (SSSR count). The Labute approximate surface area is 280 Å². The van der Waals surface area contributed by atoms with E-state index in [1.54, 1.807) is 0 Å². The van der Waals surface area contributed by atoms with Crippen LogP contribution < -0.4 is 4.90 Å². The average molecular weight is 697 g/mol. The molecule has 258 valence electrons. The summed E-state index contributed by atoms with van der Waals surface area (Å²) in [6.45, 7) is 3.05. The number of benzene rings is 4. The lowest BCUT2D eigenvalue weighted by atomic mass is 9.74. The third kappa shape index (κ3) is 4.68. The van der Waals surface area contributed by atoms with Crippen LogP contribution in [-0.4, -0.2) is 58.1 Å². The van der Waals surface area contributed by atoms with Crippen molar-refractivity contribution in [3.8, 4) is 11.5 Å². The Morgan fingerprint density at radius 3 is 1.40 bits per heavy atom. The normalized spacial score (nSPS) is 17.2. The molecule has 0 aromatic heterocycles. The first-order valence-electron chi connectivity index (χ1n) is 14.9. The highest BCUT2D eigenvalue weighted by Crippen LogP contribution is 2.50. The Kier molecular flexibility index (Phi) is 7.47. The van der Waals surface area contributed by atoms with Crippen LogP contribution >= 0.6 is 0 Å². The maximum atomic E-state index is 15.0. The Bertz CT molecular complexity index is 2180. The molecule has 14 heteroatoms. The monoisotopic (exact) mass is 696 g/mol. The van der Waals surface area contributed by atoms with Gasteiger partial charge in [-0.1, -0.05) is 30.3 Å². The third-order valence-electron chi connectivity index (χ3n) is 9.83. The summed E-state index contributed by atoms with van der Waals surface area (Å²) in [5.74, 6) is -4.79. The molecule has 8 nitrogen and oxygen atoms in total. The molecule has 0 aliphatic carbocycles. The number of rotatable bonds is 5. The number of imide groups is 2. The SMILES string of the molecule is Cc1cc(C(C)(c2ccc(O)c(N3C(=O)c4ccc(C(C)(c5ccc6c(c5)C(=O)N(C)C6=O)C(F)(F)F)cc4C3=O)c2)C(F)(F)F)ccc1O. The van der Waals surface area contributed by atoms with Crippen molar-refractivity contribution in [3.63, 3.8) is 0 Å². The number of anilines is 1. The quantitative estimate of drug-likeness (QED) is 0.169. The van der Waals surface area contributed by atoms with Crippen LogP contribution in [0.5, 0.6) is 11.5 Å². The van der Waals surface area contributed by atoms with Crippen LogP contribution in [0.1, 0.15) is 83.1 Å². The van der Waals surface area contributed by atoms with Crippen molar-refractivity contribution >= 4 is 29.3 Å².